The molecule has 8 heteroatoms. The predicted octanol–water partition coefficient (Wildman–Crippen LogP) is 5.75. The van der Waals surface area contributed by atoms with Crippen molar-refractivity contribution in [3.8, 4) is 0 Å². The van der Waals surface area contributed by atoms with Crippen molar-refractivity contribution in [1.29, 1.82) is 0 Å². The van der Waals surface area contributed by atoms with Gasteiger partial charge < -0.3 is 20.0 Å². The number of para-hydroxylation sites is 1. The first-order valence-electron chi connectivity index (χ1n) is 11.2. The molecule has 176 valence electrons. The molecule has 3 heterocycles. The molecule has 35 heavy (non-hydrogen) atoms. The number of benzene rings is 2. The summed E-state index contributed by atoms with van der Waals surface area (Å²) in [6.45, 7) is 2.14. The zero-order chi connectivity index (χ0) is 24.2. The Morgan fingerprint density at radius 2 is 1.83 bits per heavy atom. The molecule has 0 bridgehead atoms. The average Bonchev–Trinajstić information content (AvgIpc) is 3.46. The molecule has 0 radical (unpaired) electrons. The molecule has 1 amide bonds. The molecule has 0 spiro atoms. The van der Waals surface area contributed by atoms with E-state index in [4.69, 9.17) is 16.6 Å². The lowest BCUT2D eigenvalue weighted by Crippen LogP contribution is -2.36. The first-order chi connectivity index (χ1) is 17.1. The number of aromatic nitrogens is 1. The van der Waals surface area contributed by atoms with Crippen LogP contribution in [-0.4, -0.2) is 27.4 Å². The van der Waals surface area contributed by atoms with Crippen LogP contribution < -0.4 is 10.6 Å². The number of nitrogens with one attached hydrogen (secondary N) is 2. The van der Waals surface area contributed by atoms with Crippen molar-refractivity contribution in [3.05, 3.63) is 108 Å². The number of hydrogen-bond acceptors (Lipinski definition) is 5. The molecule has 0 aliphatic carbocycles. The Hall–Kier alpha value is -3.62. The van der Waals surface area contributed by atoms with Gasteiger partial charge in [-0.05, 0) is 67.7 Å². The van der Waals surface area contributed by atoms with Gasteiger partial charge in [0.05, 0.1) is 11.7 Å². The van der Waals surface area contributed by atoms with Gasteiger partial charge in [-0.15, -0.1) is 0 Å². The van der Waals surface area contributed by atoms with Crippen molar-refractivity contribution in [3.63, 3.8) is 0 Å². The Labute approximate surface area is 213 Å². The lowest BCUT2D eigenvalue weighted by atomic mass is 10.0. The summed E-state index contributed by atoms with van der Waals surface area (Å²) in [5.74, 6) is 0.558. The van der Waals surface area contributed by atoms with Crippen LogP contribution in [0.2, 0.25) is 0 Å². The maximum atomic E-state index is 12.9. The molecular weight excluding hydrogens is 476 g/mol. The summed E-state index contributed by atoms with van der Waals surface area (Å²) in [6.07, 6.45) is 1.75. The van der Waals surface area contributed by atoms with E-state index in [0.717, 1.165) is 27.1 Å². The topological polar surface area (TPSA) is 70.4 Å². The second-order valence-corrected chi connectivity index (χ2v) is 9.71. The number of furan rings is 1. The zero-order valence-electron chi connectivity index (χ0n) is 19.0. The Morgan fingerprint density at radius 1 is 1.06 bits per heavy atom. The van der Waals surface area contributed by atoms with Crippen molar-refractivity contribution >= 4 is 40.7 Å². The number of carbonyl (C=O) groups excluding carboxylic acids is 1. The number of carbonyl (C=O) groups is 1. The average molecular weight is 501 g/mol. The van der Waals surface area contributed by atoms with E-state index in [2.05, 4.69) is 46.8 Å². The summed E-state index contributed by atoms with van der Waals surface area (Å²) in [5.41, 5.74) is 2.78. The van der Waals surface area contributed by atoms with Crippen LogP contribution in [0, 0.1) is 6.92 Å². The summed E-state index contributed by atoms with van der Waals surface area (Å²) in [7, 11) is 0. The van der Waals surface area contributed by atoms with Gasteiger partial charge in [0.25, 0.3) is 0 Å². The number of pyridine rings is 1. The molecule has 1 saturated heterocycles. The second kappa shape index (κ2) is 10.3. The van der Waals surface area contributed by atoms with Crippen LogP contribution in [0.3, 0.4) is 0 Å². The number of aryl methyl sites for hydroxylation is 1. The Balaban J connectivity index is 1.41. The SMILES string of the molecule is Cc1ccc(Sc2ccc([C@H]3[C@@H](c4ccccn4)NC(=S)N3CC(=O)Nc3ccccc3)o2)cc1. The number of anilines is 1. The highest BCUT2D eigenvalue weighted by Crippen LogP contribution is 2.41. The molecule has 0 saturated carbocycles. The molecule has 2 aromatic heterocycles. The third-order valence-corrected chi connectivity index (χ3v) is 6.98. The molecule has 6 nitrogen and oxygen atoms in total. The van der Waals surface area contributed by atoms with Gasteiger partial charge in [-0.25, -0.2) is 0 Å². The van der Waals surface area contributed by atoms with Crippen molar-refractivity contribution in [1.82, 2.24) is 15.2 Å². The molecule has 4 aromatic rings. The molecule has 2 aromatic carbocycles. The van der Waals surface area contributed by atoms with Crippen molar-refractivity contribution in [2.24, 2.45) is 0 Å². The first-order valence-corrected chi connectivity index (χ1v) is 12.5. The number of thiocarbonyl (C=S) groups is 1. The van der Waals surface area contributed by atoms with E-state index in [1.807, 2.05) is 65.6 Å². The van der Waals surface area contributed by atoms with E-state index in [1.165, 1.54) is 5.56 Å². The summed E-state index contributed by atoms with van der Waals surface area (Å²) in [4.78, 5) is 20.4. The second-order valence-electron chi connectivity index (χ2n) is 8.24. The largest absolute Gasteiger partial charge is 0.452 e. The molecule has 1 fully saturated rings. The highest BCUT2D eigenvalue weighted by atomic mass is 32.2. The predicted molar refractivity (Wildman–Crippen MR) is 141 cm³/mol. The molecule has 1 aliphatic heterocycles. The van der Waals surface area contributed by atoms with E-state index in [1.54, 1.807) is 18.0 Å². The minimum absolute atomic E-state index is 0.0792. The number of rotatable bonds is 7. The smallest absolute Gasteiger partial charge is 0.244 e. The van der Waals surface area contributed by atoms with Crippen LogP contribution in [0.5, 0.6) is 0 Å². The van der Waals surface area contributed by atoms with Gasteiger partial charge >= 0.3 is 0 Å². The highest BCUT2D eigenvalue weighted by Gasteiger charge is 2.42. The molecule has 2 N–H and O–H groups in total. The van der Waals surface area contributed by atoms with Gasteiger partial charge in [-0.2, -0.15) is 0 Å². The molecular formula is C27H24N4O2S2. The van der Waals surface area contributed by atoms with E-state index >= 15 is 0 Å². The summed E-state index contributed by atoms with van der Waals surface area (Å²) < 4.78 is 6.29. The van der Waals surface area contributed by atoms with Crippen molar-refractivity contribution in [2.45, 2.75) is 29.0 Å². The Bertz CT molecular complexity index is 1310. The molecule has 2 atom stereocenters. The quantitative estimate of drug-likeness (QED) is 0.313. The fourth-order valence-electron chi connectivity index (χ4n) is 4.03. The van der Waals surface area contributed by atoms with Gasteiger partial charge in [0.1, 0.15) is 18.3 Å². The minimum atomic E-state index is -0.328. The lowest BCUT2D eigenvalue weighted by molar-refractivity contribution is -0.116. The number of hydrogen-bond donors (Lipinski definition) is 2. The summed E-state index contributed by atoms with van der Waals surface area (Å²) in [6, 6.07) is 26.8. The maximum Gasteiger partial charge on any atom is 0.244 e. The van der Waals surface area contributed by atoms with Crippen molar-refractivity contribution in [2.75, 3.05) is 11.9 Å². The van der Waals surface area contributed by atoms with Gasteiger partial charge in [-0.3, -0.25) is 9.78 Å². The highest BCUT2D eigenvalue weighted by molar-refractivity contribution is 7.99. The third-order valence-electron chi connectivity index (χ3n) is 5.70. The van der Waals surface area contributed by atoms with Crippen LogP contribution in [0.1, 0.15) is 29.1 Å². The van der Waals surface area contributed by atoms with E-state index in [-0.39, 0.29) is 24.5 Å². The minimum Gasteiger partial charge on any atom is -0.452 e. The van der Waals surface area contributed by atoms with Gasteiger partial charge in [0.15, 0.2) is 10.2 Å². The summed E-state index contributed by atoms with van der Waals surface area (Å²) in [5, 5.41) is 7.55. The van der Waals surface area contributed by atoms with E-state index in [0.29, 0.717) is 5.11 Å². The van der Waals surface area contributed by atoms with Crippen LogP contribution in [-0.2, 0) is 4.79 Å². The normalized spacial score (nSPS) is 17.3. The monoisotopic (exact) mass is 500 g/mol. The fraction of sp³-hybridized carbons (Fsp3) is 0.148. The number of nitrogens with zero attached hydrogens (tertiary/aromatic N) is 2. The summed E-state index contributed by atoms with van der Waals surface area (Å²) >= 11 is 7.22. The van der Waals surface area contributed by atoms with Gasteiger partial charge in [-0.1, -0.05) is 53.7 Å². The molecule has 0 unspecified atom stereocenters. The first kappa shape index (κ1) is 23.1. The van der Waals surface area contributed by atoms with Crippen LogP contribution in [0.4, 0.5) is 5.69 Å². The fourth-order valence-corrected chi connectivity index (χ4v) is 5.12. The maximum absolute atomic E-state index is 12.9. The zero-order valence-corrected chi connectivity index (χ0v) is 20.7. The van der Waals surface area contributed by atoms with E-state index < -0.39 is 0 Å². The van der Waals surface area contributed by atoms with Gasteiger partial charge in [0, 0.05) is 16.8 Å². The lowest BCUT2D eigenvalue weighted by Gasteiger charge is -2.25. The molecule has 5 rings (SSSR count). The van der Waals surface area contributed by atoms with Crippen molar-refractivity contribution < 1.29 is 9.21 Å². The van der Waals surface area contributed by atoms with Crippen LogP contribution in [0.25, 0.3) is 0 Å². The standard InChI is InChI=1S/C27H24N4O2S2/c1-18-10-12-20(13-11-18)35-24-15-14-22(33-24)26-25(21-9-5-6-16-28-21)30-27(34)31(26)17-23(32)29-19-7-3-2-4-8-19/h2-16,25-26H,17H2,1H3,(H,29,32)(H,30,34)/t25-,26+/m1/s1. The Morgan fingerprint density at radius 3 is 2.57 bits per heavy atom. The number of amides is 1. The third kappa shape index (κ3) is 5.39. The molecule has 1 aliphatic rings. The Kier molecular flexibility index (Phi) is 6.83. The van der Waals surface area contributed by atoms with E-state index in [9.17, 15) is 4.79 Å². The van der Waals surface area contributed by atoms with Crippen LogP contribution >= 0.6 is 24.0 Å². The van der Waals surface area contributed by atoms with Crippen LogP contribution in [0.15, 0.2) is 106 Å². The van der Waals surface area contributed by atoms with Gasteiger partial charge in [0.2, 0.25) is 5.91 Å².